The first-order valence-corrected chi connectivity index (χ1v) is 16.9. The minimum Gasteiger partial charge on any atom is -0.497 e. The molecule has 1 unspecified atom stereocenters. The molecule has 0 spiro atoms. The van der Waals surface area contributed by atoms with Crippen LogP contribution in [-0.4, -0.2) is 86.6 Å². The van der Waals surface area contributed by atoms with Crippen LogP contribution in [0.25, 0.3) is 0 Å². The smallest absolute Gasteiger partial charge is 0.469 e. The molecule has 238 valence electrons. The second kappa shape index (κ2) is 14.5. The molecule has 4 rings (SSSR count). The summed E-state index contributed by atoms with van der Waals surface area (Å²) in [7, 11) is -7.86. The van der Waals surface area contributed by atoms with Gasteiger partial charge >= 0.3 is 13.9 Å². The number of methoxy groups -OCH3 is 1. The molecule has 13 nitrogen and oxygen atoms in total. The van der Waals surface area contributed by atoms with E-state index >= 15 is 0 Å². The minimum atomic E-state index is -5.16. The Morgan fingerprint density at radius 1 is 1.09 bits per heavy atom. The van der Waals surface area contributed by atoms with Crippen molar-refractivity contribution in [2.75, 3.05) is 33.4 Å². The van der Waals surface area contributed by atoms with Crippen molar-refractivity contribution in [2.45, 2.75) is 56.1 Å². The zero-order chi connectivity index (χ0) is 31.2. The Morgan fingerprint density at radius 2 is 1.79 bits per heavy atom. The molecule has 2 aromatic rings. The van der Waals surface area contributed by atoms with E-state index in [0.717, 1.165) is 4.31 Å². The topological polar surface area (TPSA) is 170 Å². The molecule has 2 aromatic carbocycles. The molecule has 2 aliphatic rings. The number of carbonyl (C=O) groups is 1. The molecule has 5 atom stereocenters. The number of phosphoric acid groups is 1. The number of sulfonamides is 1. The van der Waals surface area contributed by atoms with Gasteiger partial charge < -0.3 is 34.1 Å². The van der Waals surface area contributed by atoms with E-state index in [-0.39, 0.29) is 36.3 Å². The van der Waals surface area contributed by atoms with Crippen LogP contribution >= 0.6 is 7.82 Å². The number of phosphoric ester groups is 1. The Labute approximate surface area is 251 Å². The highest BCUT2D eigenvalue weighted by Crippen LogP contribution is 2.39. The van der Waals surface area contributed by atoms with E-state index < -0.39 is 55.0 Å². The first kappa shape index (κ1) is 33.3. The molecule has 3 N–H and O–H groups in total. The number of carbonyl (C=O) groups excluding carboxylic acids is 1. The second-order valence-electron chi connectivity index (χ2n) is 10.9. The predicted molar refractivity (Wildman–Crippen MR) is 155 cm³/mol. The second-order valence-corrected chi connectivity index (χ2v) is 14.1. The third-order valence-electron chi connectivity index (χ3n) is 7.22. The zero-order valence-corrected chi connectivity index (χ0v) is 26.0. The van der Waals surface area contributed by atoms with Crippen LogP contribution in [0, 0.1) is 11.8 Å². The average molecular weight is 643 g/mol. The van der Waals surface area contributed by atoms with Crippen LogP contribution in [-0.2, 0) is 39.7 Å². The molecular formula is C28H39N2O11PS. The lowest BCUT2D eigenvalue weighted by molar-refractivity contribution is -0.0907. The van der Waals surface area contributed by atoms with Gasteiger partial charge in [0, 0.05) is 13.1 Å². The van der Waals surface area contributed by atoms with E-state index in [4.69, 9.17) is 23.5 Å². The number of nitrogens with zero attached hydrogens (tertiary/aromatic N) is 1. The average Bonchev–Trinajstić information content (AvgIpc) is 3.57. The SMILES string of the molecule is COc1ccc(S(=O)(=O)N(CC(C)C)CC(OP(=O)(O)O)[C@H](Cc2ccccc2)NC(=O)O[C@H]2CO[C@H]3OCC[C@H]32)cc1. The number of ether oxygens (including phenoxy) is 4. The summed E-state index contributed by atoms with van der Waals surface area (Å²) in [5.74, 6) is 0.181. The third-order valence-corrected chi connectivity index (χ3v) is 9.61. The normalized spacial score (nSPS) is 21.9. The first-order chi connectivity index (χ1) is 20.4. The molecule has 0 bridgehead atoms. The zero-order valence-electron chi connectivity index (χ0n) is 24.3. The fraction of sp³-hybridized carbons (Fsp3) is 0.536. The van der Waals surface area contributed by atoms with Crippen molar-refractivity contribution in [3.8, 4) is 5.75 Å². The number of hydrogen-bond acceptors (Lipinski definition) is 9. The van der Waals surface area contributed by atoms with E-state index in [0.29, 0.717) is 24.3 Å². The Morgan fingerprint density at radius 3 is 2.42 bits per heavy atom. The summed E-state index contributed by atoms with van der Waals surface area (Å²) < 4.78 is 68.0. The molecule has 2 heterocycles. The number of alkyl carbamates (subject to hydrolysis) is 1. The highest BCUT2D eigenvalue weighted by atomic mass is 32.2. The lowest BCUT2D eigenvalue weighted by Crippen LogP contribution is -2.52. The van der Waals surface area contributed by atoms with Crippen LogP contribution in [0.2, 0.25) is 0 Å². The van der Waals surface area contributed by atoms with Gasteiger partial charge in [-0.2, -0.15) is 4.31 Å². The van der Waals surface area contributed by atoms with Crippen molar-refractivity contribution in [2.24, 2.45) is 11.8 Å². The molecule has 15 heteroatoms. The molecule has 43 heavy (non-hydrogen) atoms. The summed E-state index contributed by atoms with van der Waals surface area (Å²) in [5, 5.41) is 2.70. The van der Waals surface area contributed by atoms with Crippen molar-refractivity contribution in [1.29, 1.82) is 0 Å². The molecule has 0 radical (unpaired) electrons. The Bertz CT molecular complexity index is 1350. The van der Waals surface area contributed by atoms with Gasteiger partial charge in [-0.3, -0.25) is 4.52 Å². The van der Waals surface area contributed by atoms with Crippen LogP contribution in [0.3, 0.4) is 0 Å². The van der Waals surface area contributed by atoms with Gasteiger partial charge in [0.25, 0.3) is 0 Å². The molecule has 0 aliphatic carbocycles. The number of nitrogens with one attached hydrogen (secondary N) is 1. The van der Waals surface area contributed by atoms with Crippen LogP contribution in [0.4, 0.5) is 4.79 Å². The number of amides is 1. The molecule has 2 saturated heterocycles. The molecule has 1 amide bonds. The summed E-state index contributed by atoms with van der Waals surface area (Å²) in [6.07, 6.45) is -2.62. The Hall–Kier alpha value is -2.55. The molecule has 0 aromatic heterocycles. The van der Waals surface area contributed by atoms with Gasteiger partial charge in [-0.1, -0.05) is 44.2 Å². The highest BCUT2D eigenvalue weighted by Gasteiger charge is 2.44. The van der Waals surface area contributed by atoms with Gasteiger partial charge in [0.1, 0.15) is 18.0 Å². The Balaban J connectivity index is 1.63. The highest BCUT2D eigenvalue weighted by molar-refractivity contribution is 7.89. The van der Waals surface area contributed by atoms with Gasteiger partial charge in [0.05, 0.1) is 37.2 Å². The fourth-order valence-corrected chi connectivity index (χ4v) is 7.38. The van der Waals surface area contributed by atoms with E-state index in [2.05, 4.69) is 5.32 Å². The maximum Gasteiger partial charge on any atom is 0.469 e. The van der Waals surface area contributed by atoms with Gasteiger partial charge in [0.15, 0.2) is 6.29 Å². The summed E-state index contributed by atoms with van der Waals surface area (Å²) in [4.78, 5) is 32.9. The molecular weight excluding hydrogens is 603 g/mol. The summed E-state index contributed by atoms with van der Waals surface area (Å²) >= 11 is 0. The predicted octanol–water partition coefficient (Wildman–Crippen LogP) is 2.92. The van der Waals surface area contributed by atoms with Crippen LogP contribution in [0.5, 0.6) is 5.75 Å². The number of fused-ring (bicyclic) bond motifs is 1. The monoisotopic (exact) mass is 642 g/mol. The van der Waals surface area contributed by atoms with Crippen molar-refractivity contribution in [1.82, 2.24) is 9.62 Å². The fourth-order valence-electron chi connectivity index (χ4n) is 5.20. The summed E-state index contributed by atoms with van der Waals surface area (Å²) in [6.45, 7) is 3.81. The van der Waals surface area contributed by atoms with Crippen molar-refractivity contribution < 1.29 is 51.0 Å². The summed E-state index contributed by atoms with van der Waals surface area (Å²) in [6, 6.07) is 13.6. The third kappa shape index (κ3) is 9.22. The Kier molecular flexibility index (Phi) is 11.2. The molecule has 2 fully saturated rings. The van der Waals surface area contributed by atoms with E-state index in [1.807, 2.05) is 13.8 Å². The lowest BCUT2D eigenvalue weighted by Gasteiger charge is -2.33. The van der Waals surface area contributed by atoms with Crippen LogP contribution in [0.1, 0.15) is 25.8 Å². The van der Waals surface area contributed by atoms with Gasteiger partial charge in [0.2, 0.25) is 10.0 Å². The van der Waals surface area contributed by atoms with E-state index in [1.165, 1.54) is 31.4 Å². The quantitative estimate of drug-likeness (QED) is 0.259. The molecule has 0 saturated carbocycles. The number of benzene rings is 2. The number of rotatable bonds is 14. The van der Waals surface area contributed by atoms with Crippen molar-refractivity contribution in [3.63, 3.8) is 0 Å². The van der Waals surface area contributed by atoms with Gasteiger partial charge in [-0.25, -0.2) is 17.8 Å². The number of hydrogen-bond donors (Lipinski definition) is 3. The molecule has 2 aliphatic heterocycles. The maximum atomic E-state index is 13.8. The van der Waals surface area contributed by atoms with E-state index in [9.17, 15) is 27.6 Å². The van der Waals surface area contributed by atoms with Crippen molar-refractivity contribution in [3.05, 3.63) is 60.2 Å². The van der Waals surface area contributed by atoms with Gasteiger partial charge in [-0.05, 0) is 48.6 Å². The first-order valence-electron chi connectivity index (χ1n) is 14.0. The summed E-state index contributed by atoms with van der Waals surface area (Å²) in [5.41, 5.74) is 0.717. The van der Waals surface area contributed by atoms with E-state index in [1.54, 1.807) is 30.3 Å². The van der Waals surface area contributed by atoms with Crippen LogP contribution < -0.4 is 10.1 Å². The minimum absolute atomic E-state index is 0.0143. The lowest BCUT2D eigenvalue weighted by atomic mass is 10.0. The largest absolute Gasteiger partial charge is 0.497 e. The van der Waals surface area contributed by atoms with Gasteiger partial charge in [-0.15, -0.1) is 0 Å². The maximum absolute atomic E-state index is 13.8. The van der Waals surface area contributed by atoms with Crippen LogP contribution in [0.15, 0.2) is 59.5 Å². The standard InChI is InChI=1S/C28H39N2O11PS/c1-19(2)16-30(43(35,36)22-11-9-21(37-3)10-12-22)17-25(41-42(32,33)34)24(15-20-7-5-4-6-8-20)29-28(31)40-26-18-39-27-23(26)13-14-38-27/h4-12,19,23-27H,13-18H2,1-3H3,(H,29,31)(H2,32,33,34)/t23-,24-,25?,26-,27+/m0/s1. The van der Waals surface area contributed by atoms with Crippen molar-refractivity contribution >= 4 is 23.9 Å².